The molecule has 1 aliphatic rings. The van der Waals surface area contributed by atoms with Crippen LogP contribution in [0.5, 0.6) is 5.75 Å². The number of nitrogens with zero attached hydrogens (tertiary/aromatic N) is 5. The van der Waals surface area contributed by atoms with Crippen LogP contribution in [0.15, 0.2) is 24.5 Å². The molecule has 3 aromatic rings. The summed E-state index contributed by atoms with van der Waals surface area (Å²) in [4.78, 5) is 21.7. The highest BCUT2D eigenvalue weighted by molar-refractivity contribution is 6.02. The molecule has 1 aliphatic heterocycles. The van der Waals surface area contributed by atoms with Gasteiger partial charge in [-0.15, -0.1) is 5.10 Å². The third kappa shape index (κ3) is 4.24. The van der Waals surface area contributed by atoms with Crippen molar-refractivity contribution >= 4 is 22.8 Å². The number of ether oxygens (including phenoxy) is 3. The van der Waals surface area contributed by atoms with Crippen molar-refractivity contribution in [3.05, 3.63) is 35.8 Å². The van der Waals surface area contributed by atoms with Gasteiger partial charge in [-0.25, -0.2) is 9.67 Å². The molecule has 0 saturated carbocycles. The largest absolute Gasteiger partial charge is 0.494 e. The third-order valence-electron chi connectivity index (χ3n) is 5.11. The Labute approximate surface area is 173 Å². The van der Waals surface area contributed by atoms with Crippen molar-refractivity contribution in [1.29, 1.82) is 0 Å². The number of benzene rings is 1. The van der Waals surface area contributed by atoms with E-state index in [0.717, 1.165) is 37.1 Å². The lowest BCUT2D eigenvalue weighted by Crippen LogP contribution is -2.16. The van der Waals surface area contributed by atoms with Gasteiger partial charge in [-0.1, -0.05) is 11.3 Å². The number of hydrogen-bond acceptors (Lipinski definition) is 8. The predicted molar refractivity (Wildman–Crippen MR) is 109 cm³/mol. The molecule has 1 saturated heterocycles. The number of aromatic nitrogens is 5. The van der Waals surface area contributed by atoms with Crippen molar-refractivity contribution in [1.82, 2.24) is 25.0 Å². The van der Waals surface area contributed by atoms with E-state index in [-0.39, 0.29) is 5.69 Å². The molecule has 3 heterocycles. The van der Waals surface area contributed by atoms with Gasteiger partial charge in [0.05, 0.1) is 38.2 Å². The first-order chi connectivity index (χ1) is 14.7. The molecular weight excluding hydrogens is 388 g/mol. The lowest BCUT2D eigenvalue weighted by Gasteiger charge is -2.23. The van der Waals surface area contributed by atoms with Crippen molar-refractivity contribution in [3.63, 3.8) is 0 Å². The van der Waals surface area contributed by atoms with E-state index < -0.39 is 5.91 Å². The fraction of sp³-hybridized carbons (Fsp3) is 0.450. The fourth-order valence-corrected chi connectivity index (χ4v) is 3.54. The Balaban J connectivity index is 1.59. The second kappa shape index (κ2) is 9.14. The van der Waals surface area contributed by atoms with Crippen molar-refractivity contribution in [2.45, 2.75) is 25.3 Å². The summed E-state index contributed by atoms with van der Waals surface area (Å²) in [7, 11) is 3.19. The van der Waals surface area contributed by atoms with E-state index >= 15 is 0 Å². The lowest BCUT2D eigenvalue weighted by molar-refractivity contribution is 0.0855. The van der Waals surface area contributed by atoms with E-state index in [9.17, 15) is 4.79 Å². The molecule has 30 heavy (non-hydrogen) atoms. The third-order valence-corrected chi connectivity index (χ3v) is 5.11. The molecule has 10 nitrogen and oxygen atoms in total. The molecule has 2 aromatic heterocycles. The number of anilines is 1. The Morgan fingerprint density at radius 1 is 1.27 bits per heavy atom. The van der Waals surface area contributed by atoms with Gasteiger partial charge < -0.3 is 19.5 Å². The molecule has 1 fully saturated rings. The van der Waals surface area contributed by atoms with Gasteiger partial charge in [-0.2, -0.15) is 0 Å². The maximum atomic E-state index is 12.5. The lowest BCUT2D eigenvalue weighted by atomic mass is 9.90. The Bertz CT molecular complexity index is 1030. The number of methoxy groups -OCH3 is 2. The van der Waals surface area contributed by atoms with Crippen LogP contribution < -0.4 is 10.1 Å². The fourth-order valence-electron chi connectivity index (χ4n) is 3.54. The van der Waals surface area contributed by atoms with E-state index in [1.54, 1.807) is 31.3 Å². The van der Waals surface area contributed by atoms with Crippen LogP contribution in [0.25, 0.3) is 11.0 Å². The van der Waals surface area contributed by atoms with Gasteiger partial charge in [0.2, 0.25) is 0 Å². The molecule has 10 heteroatoms. The van der Waals surface area contributed by atoms with Crippen LogP contribution >= 0.6 is 0 Å². The molecule has 0 unspecified atom stereocenters. The first-order valence-electron chi connectivity index (χ1n) is 9.81. The second-order valence-corrected chi connectivity index (χ2v) is 7.01. The smallest absolute Gasteiger partial charge is 0.279 e. The minimum atomic E-state index is -0.410. The summed E-state index contributed by atoms with van der Waals surface area (Å²) in [5, 5.41) is 10.5. The van der Waals surface area contributed by atoms with Crippen LogP contribution in [0.2, 0.25) is 0 Å². The van der Waals surface area contributed by atoms with Crippen molar-refractivity contribution in [3.8, 4) is 5.75 Å². The quantitative estimate of drug-likeness (QED) is 0.627. The zero-order chi connectivity index (χ0) is 20.9. The first-order valence-corrected chi connectivity index (χ1v) is 9.81. The number of hydrogen-bond donors (Lipinski definition) is 1. The summed E-state index contributed by atoms with van der Waals surface area (Å²) in [6.07, 6.45) is 5.01. The van der Waals surface area contributed by atoms with Crippen LogP contribution in [-0.4, -0.2) is 64.9 Å². The molecule has 0 atom stereocenters. The zero-order valence-corrected chi connectivity index (χ0v) is 17.0. The van der Waals surface area contributed by atoms with Gasteiger partial charge in [0.25, 0.3) is 5.91 Å². The van der Waals surface area contributed by atoms with Crippen LogP contribution in [0.1, 0.15) is 34.8 Å². The van der Waals surface area contributed by atoms with Gasteiger partial charge in [-0.05, 0) is 30.4 Å². The number of fused-ring (bicyclic) bond motifs is 1. The molecular formula is C20H24N6O4. The van der Waals surface area contributed by atoms with Crippen LogP contribution in [0.3, 0.4) is 0 Å². The van der Waals surface area contributed by atoms with E-state index in [2.05, 4.69) is 25.6 Å². The Hall–Kier alpha value is -3.11. The molecule has 1 N–H and O–H groups in total. The van der Waals surface area contributed by atoms with Gasteiger partial charge in [0.1, 0.15) is 11.3 Å². The zero-order valence-electron chi connectivity index (χ0n) is 17.0. The second-order valence-electron chi connectivity index (χ2n) is 7.01. The average Bonchev–Trinajstić information content (AvgIpc) is 3.26. The Morgan fingerprint density at radius 2 is 2.10 bits per heavy atom. The highest BCUT2D eigenvalue weighted by atomic mass is 16.5. The van der Waals surface area contributed by atoms with Gasteiger partial charge in [-0.3, -0.25) is 9.78 Å². The number of rotatable bonds is 7. The highest BCUT2D eigenvalue weighted by Gasteiger charge is 2.21. The first kappa shape index (κ1) is 20.2. The highest BCUT2D eigenvalue weighted by Crippen LogP contribution is 2.35. The normalized spacial score (nSPS) is 14.7. The molecule has 0 radical (unpaired) electrons. The molecule has 1 amide bonds. The topological polar surface area (TPSA) is 113 Å². The molecule has 158 valence electrons. The Kier molecular flexibility index (Phi) is 6.15. The van der Waals surface area contributed by atoms with E-state index in [1.165, 1.54) is 0 Å². The SMILES string of the molecule is COCCn1cc(C(=O)Nc2cnc3c(C4CCOCC4)ccc(OC)c3n2)nn1. The van der Waals surface area contributed by atoms with Crippen molar-refractivity contribution < 1.29 is 19.0 Å². The standard InChI is InChI=1S/C20H24N6O4/c1-28-10-7-26-12-15(24-25-26)20(27)23-17-11-21-18-14(13-5-8-30-9-6-13)3-4-16(29-2)19(18)22-17/h3-4,11-13H,5-10H2,1-2H3,(H,22,23,27). The summed E-state index contributed by atoms with van der Waals surface area (Å²) in [5.41, 5.74) is 2.71. The number of carbonyl (C=O) groups excluding carboxylic acids is 1. The Morgan fingerprint density at radius 3 is 2.87 bits per heavy atom. The summed E-state index contributed by atoms with van der Waals surface area (Å²) < 4.78 is 17.5. The molecule has 0 aliphatic carbocycles. The molecule has 0 spiro atoms. The van der Waals surface area contributed by atoms with Crippen LogP contribution in [0.4, 0.5) is 5.82 Å². The summed E-state index contributed by atoms with van der Waals surface area (Å²) in [6.45, 7) is 2.48. The maximum Gasteiger partial charge on any atom is 0.279 e. The van der Waals surface area contributed by atoms with Gasteiger partial charge in [0.15, 0.2) is 11.5 Å². The minimum absolute atomic E-state index is 0.191. The predicted octanol–water partition coefficient (Wildman–Crippen LogP) is 2.02. The summed E-state index contributed by atoms with van der Waals surface area (Å²) in [6, 6.07) is 3.94. The average molecular weight is 412 g/mol. The van der Waals surface area contributed by atoms with Gasteiger partial charge >= 0.3 is 0 Å². The number of carbonyl (C=O) groups is 1. The summed E-state index contributed by atoms with van der Waals surface area (Å²) >= 11 is 0. The number of amides is 1. The summed E-state index contributed by atoms with van der Waals surface area (Å²) in [5.74, 6) is 0.882. The van der Waals surface area contributed by atoms with Crippen molar-refractivity contribution in [2.75, 3.05) is 39.4 Å². The van der Waals surface area contributed by atoms with E-state index in [4.69, 9.17) is 14.2 Å². The molecule has 0 bridgehead atoms. The van der Waals surface area contributed by atoms with E-state index in [0.29, 0.717) is 36.2 Å². The van der Waals surface area contributed by atoms with Crippen molar-refractivity contribution in [2.24, 2.45) is 0 Å². The molecule has 1 aromatic carbocycles. The maximum absolute atomic E-state index is 12.5. The monoisotopic (exact) mass is 412 g/mol. The van der Waals surface area contributed by atoms with E-state index in [1.807, 2.05) is 12.1 Å². The molecule has 4 rings (SSSR count). The number of nitrogens with one attached hydrogen (secondary N) is 1. The van der Waals surface area contributed by atoms with Crippen LogP contribution in [-0.2, 0) is 16.0 Å². The minimum Gasteiger partial charge on any atom is -0.494 e. The van der Waals surface area contributed by atoms with Crippen LogP contribution in [0, 0.1) is 0 Å². The van der Waals surface area contributed by atoms with Gasteiger partial charge in [0, 0.05) is 20.3 Å².